The van der Waals surface area contributed by atoms with Crippen LogP contribution in [0.3, 0.4) is 0 Å². The van der Waals surface area contributed by atoms with Crippen LogP contribution in [0, 0.1) is 5.41 Å². The van der Waals surface area contributed by atoms with Gasteiger partial charge >= 0.3 is 11.7 Å². The van der Waals surface area contributed by atoms with Crippen molar-refractivity contribution < 1.29 is 23.9 Å². The second kappa shape index (κ2) is 5.32. The Kier molecular flexibility index (Phi) is 4.72. The van der Waals surface area contributed by atoms with Gasteiger partial charge in [-0.05, 0) is 27.7 Å². The van der Waals surface area contributed by atoms with Gasteiger partial charge < -0.3 is 10.3 Å². The number of hydrogen-bond donors (Lipinski definition) is 0. The van der Waals surface area contributed by atoms with Crippen LogP contribution in [0.5, 0.6) is 0 Å². The molecule has 0 aromatic rings. The molecule has 0 saturated heterocycles. The summed E-state index contributed by atoms with van der Waals surface area (Å²) >= 11 is 0. The molecule has 0 N–H and O–H groups in total. The molecule has 6 heteroatoms. The Morgan fingerprint density at radius 1 is 1.31 bits per heavy atom. The SMILES string of the molecule is CCOC(=O)C(=[N+]=[N-])C(=O)C(C)(C)C(C)=O. The van der Waals surface area contributed by atoms with Gasteiger partial charge in [0.25, 0.3) is 5.78 Å². The molecular formula is C10H14N2O4. The van der Waals surface area contributed by atoms with Crippen LogP contribution < -0.4 is 0 Å². The monoisotopic (exact) mass is 226 g/mol. The molecule has 0 radical (unpaired) electrons. The number of carbonyl (C=O) groups is 3. The van der Waals surface area contributed by atoms with Crippen LogP contribution in [0.15, 0.2) is 0 Å². The molecule has 0 bridgehead atoms. The fourth-order valence-electron chi connectivity index (χ4n) is 0.834. The van der Waals surface area contributed by atoms with Crippen molar-refractivity contribution in [3.63, 3.8) is 0 Å². The summed E-state index contributed by atoms with van der Waals surface area (Å²) in [4.78, 5) is 36.8. The third kappa shape index (κ3) is 2.84. The molecule has 0 aliphatic heterocycles. The minimum Gasteiger partial charge on any atom is -0.457 e. The Labute approximate surface area is 93.2 Å². The van der Waals surface area contributed by atoms with E-state index in [1.165, 1.54) is 20.8 Å². The van der Waals surface area contributed by atoms with E-state index in [9.17, 15) is 14.4 Å². The zero-order valence-corrected chi connectivity index (χ0v) is 9.73. The van der Waals surface area contributed by atoms with Gasteiger partial charge in [0.1, 0.15) is 5.78 Å². The first kappa shape index (κ1) is 14.2. The molecule has 16 heavy (non-hydrogen) atoms. The number of nitrogens with zero attached hydrogens (tertiary/aromatic N) is 2. The van der Waals surface area contributed by atoms with Crippen molar-refractivity contribution in [3.05, 3.63) is 5.53 Å². The van der Waals surface area contributed by atoms with E-state index in [-0.39, 0.29) is 6.61 Å². The predicted molar refractivity (Wildman–Crippen MR) is 54.7 cm³/mol. The van der Waals surface area contributed by atoms with Crippen LogP contribution in [0.4, 0.5) is 0 Å². The number of Topliss-reactive ketones (excluding diaryl/α,β-unsaturated/α-hetero) is 2. The average molecular weight is 226 g/mol. The highest BCUT2D eigenvalue weighted by atomic mass is 16.5. The van der Waals surface area contributed by atoms with Crippen LogP contribution in [0.2, 0.25) is 0 Å². The number of ether oxygens (including phenoxy) is 1. The van der Waals surface area contributed by atoms with Gasteiger partial charge in [0, 0.05) is 0 Å². The van der Waals surface area contributed by atoms with E-state index >= 15 is 0 Å². The fraction of sp³-hybridized carbons (Fsp3) is 0.600. The molecule has 88 valence electrons. The van der Waals surface area contributed by atoms with E-state index in [4.69, 9.17) is 5.53 Å². The first-order chi connectivity index (χ1) is 7.28. The molecule has 0 unspecified atom stereocenters. The summed E-state index contributed by atoms with van der Waals surface area (Å²) in [5, 5.41) is 0. The van der Waals surface area contributed by atoms with Gasteiger partial charge in [-0.3, -0.25) is 9.59 Å². The van der Waals surface area contributed by atoms with Crippen molar-refractivity contribution in [2.75, 3.05) is 6.61 Å². The lowest BCUT2D eigenvalue weighted by atomic mass is 9.82. The van der Waals surface area contributed by atoms with E-state index in [0.29, 0.717) is 0 Å². The first-order valence-corrected chi connectivity index (χ1v) is 4.74. The minimum atomic E-state index is -1.41. The van der Waals surface area contributed by atoms with Crippen LogP contribution in [-0.4, -0.2) is 34.6 Å². The predicted octanol–water partition coefficient (Wildman–Crippen LogP) is 0.405. The van der Waals surface area contributed by atoms with Crippen molar-refractivity contribution >= 4 is 23.2 Å². The summed E-state index contributed by atoms with van der Waals surface area (Å²) in [5.41, 5.74) is 6.42. The van der Waals surface area contributed by atoms with Crippen LogP contribution in [0.25, 0.3) is 5.53 Å². The second-order valence-corrected chi connectivity index (χ2v) is 3.68. The highest BCUT2D eigenvalue weighted by Crippen LogP contribution is 2.18. The summed E-state index contributed by atoms with van der Waals surface area (Å²) in [6.45, 7) is 5.52. The zero-order valence-electron chi connectivity index (χ0n) is 9.73. The summed E-state index contributed by atoms with van der Waals surface area (Å²) < 4.78 is 4.53. The smallest absolute Gasteiger partial charge is 0.442 e. The standard InChI is InChI=1S/C10H14N2O4/c1-5-16-9(15)7(12-11)8(14)10(3,4)6(2)13/h5H2,1-4H3. The van der Waals surface area contributed by atoms with E-state index in [2.05, 4.69) is 9.53 Å². The van der Waals surface area contributed by atoms with Crippen molar-refractivity contribution in [1.82, 2.24) is 0 Å². The third-order valence-electron chi connectivity index (χ3n) is 2.23. The van der Waals surface area contributed by atoms with Crippen LogP contribution >= 0.6 is 0 Å². The number of carbonyl (C=O) groups excluding carboxylic acids is 3. The molecule has 0 saturated carbocycles. The van der Waals surface area contributed by atoms with E-state index in [0.717, 1.165) is 0 Å². The molecule has 0 aliphatic rings. The molecule has 0 rings (SSSR count). The highest BCUT2D eigenvalue weighted by Gasteiger charge is 2.44. The highest BCUT2D eigenvalue weighted by molar-refractivity contribution is 6.64. The topological polar surface area (TPSA) is 96.8 Å². The van der Waals surface area contributed by atoms with E-state index in [1.54, 1.807) is 6.92 Å². The van der Waals surface area contributed by atoms with Crippen molar-refractivity contribution in [2.24, 2.45) is 5.41 Å². The zero-order chi connectivity index (χ0) is 12.9. The number of rotatable bonds is 5. The fourth-order valence-corrected chi connectivity index (χ4v) is 0.834. The molecule has 0 atom stereocenters. The molecule has 0 heterocycles. The number of esters is 1. The minimum absolute atomic E-state index is 0.0473. The largest absolute Gasteiger partial charge is 0.457 e. The van der Waals surface area contributed by atoms with Crippen molar-refractivity contribution in [3.8, 4) is 0 Å². The lowest BCUT2D eigenvalue weighted by Gasteiger charge is -2.15. The van der Waals surface area contributed by atoms with Gasteiger partial charge in [-0.2, -0.15) is 4.79 Å². The summed E-state index contributed by atoms with van der Waals surface area (Å²) in [6, 6.07) is 0. The molecule has 0 aliphatic carbocycles. The summed E-state index contributed by atoms with van der Waals surface area (Å²) in [6.07, 6.45) is 0. The maximum atomic E-state index is 11.7. The second-order valence-electron chi connectivity index (χ2n) is 3.68. The molecule has 0 amide bonds. The van der Waals surface area contributed by atoms with Gasteiger partial charge in [0.05, 0.1) is 12.0 Å². The van der Waals surface area contributed by atoms with Gasteiger partial charge in [0.2, 0.25) is 0 Å². The number of ketones is 2. The molecule has 0 spiro atoms. The van der Waals surface area contributed by atoms with Gasteiger partial charge in [-0.15, -0.1) is 0 Å². The average Bonchev–Trinajstić information content (AvgIpc) is 2.18. The maximum absolute atomic E-state index is 11.7. The quantitative estimate of drug-likeness (QED) is 0.223. The molecule has 6 nitrogen and oxygen atoms in total. The molecule has 0 aromatic heterocycles. The lowest BCUT2D eigenvalue weighted by molar-refractivity contribution is -0.144. The lowest BCUT2D eigenvalue weighted by Crippen LogP contribution is -2.41. The van der Waals surface area contributed by atoms with Gasteiger partial charge in [-0.25, -0.2) is 4.79 Å². The number of hydrogen-bond acceptors (Lipinski definition) is 4. The van der Waals surface area contributed by atoms with Crippen molar-refractivity contribution in [2.45, 2.75) is 27.7 Å². The van der Waals surface area contributed by atoms with E-state index < -0.39 is 28.7 Å². The summed E-state index contributed by atoms with van der Waals surface area (Å²) in [7, 11) is 0. The third-order valence-corrected chi connectivity index (χ3v) is 2.23. The molecule has 0 aromatic carbocycles. The maximum Gasteiger partial charge on any atom is 0.442 e. The van der Waals surface area contributed by atoms with Gasteiger partial charge in [-0.1, -0.05) is 0 Å². The molecule has 0 fully saturated rings. The molecular weight excluding hydrogens is 212 g/mol. The Morgan fingerprint density at radius 2 is 1.81 bits per heavy atom. The normalized spacial score (nSPS) is 10.2. The Bertz CT molecular complexity index is 378. The van der Waals surface area contributed by atoms with Crippen LogP contribution in [-0.2, 0) is 19.1 Å². The van der Waals surface area contributed by atoms with Crippen LogP contribution in [0.1, 0.15) is 27.7 Å². The van der Waals surface area contributed by atoms with Gasteiger partial charge in [0.15, 0.2) is 0 Å². The van der Waals surface area contributed by atoms with Crippen molar-refractivity contribution in [1.29, 1.82) is 0 Å². The Balaban J connectivity index is 5.18. The summed E-state index contributed by atoms with van der Waals surface area (Å²) in [5.74, 6) is -2.33. The van der Waals surface area contributed by atoms with E-state index in [1.807, 2.05) is 0 Å². The first-order valence-electron chi connectivity index (χ1n) is 4.74. The Morgan fingerprint density at radius 3 is 2.12 bits per heavy atom. The Hall–Kier alpha value is -1.81.